The van der Waals surface area contributed by atoms with Crippen LogP contribution in [0.25, 0.3) is 10.8 Å². The van der Waals surface area contributed by atoms with Crippen molar-refractivity contribution < 1.29 is 9.53 Å². The summed E-state index contributed by atoms with van der Waals surface area (Å²) in [7, 11) is 0. The average Bonchev–Trinajstić information content (AvgIpc) is 2.65. The van der Waals surface area contributed by atoms with E-state index in [0.717, 1.165) is 49.1 Å². The Labute approximate surface area is 142 Å². The smallest absolute Gasteiger partial charge is 0.260 e. The van der Waals surface area contributed by atoms with Crippen molar-refractivity contribution in [2.75, 3.05) is 39.3 Å². The van der Waals surface area contributed by atoms with E-state index in [1.807, 2.05) is 41.3 Å². The summed E-state index contributed by atoms with van der Waals surface area (Å²) < 4.78 is 5.81. The molecule has 1 aliphatic heterocycles. The number of ether oxygens (including phenoxy) is 1. The first-order valence-corrected chi connectivity index (χ1v) is 8.38. The standard InChI is InChI=1S/C19H23N3O2/c1-2-21-9-11-22(12-10-21)19(23)14-24-18-8-7-15(13-20)16-5-3-4-6-17(16)18/h3-8,13,20H,2,9-12,14H2,1H3. The highest BCUT2D eigenvalue weighted by atomic mass is 16.5. The van der Waals surface area contributed by atoms with Crippen molar-refractivity contribution in [3.8, 4) is 5.75 Å². The van der Waals surface area contributed by atoms with Crippen molar-refractivity contribution in [1.82, 2.24) is 9.80 Å². The molecule has 0 aliphatic carbocycles. The van der Waals surface area contributed by atoms with Crippen LogP contribution in [0, 0.1) is 5.41 Å². The topological polar surface area (TPSA) is 56.6 Å². The third-order valence-corrected chi connectivity index (χ3v) is 4.60. The molecule has 1 amide bonds. The zero-order valence-electron chi connectivity index (χ0n) is 14.0. The molecule has 0 saturated carbocycles. The van der Waals surface area contributed by atoms with Gasteiger partial charge in [-0.1, -0.05) is 31.2 Å². The van der Waals surface area contributed by atoms with E-state index in [1.54, 1.807) is 0 Å². The predicted octanol–water partition coefficient (Wildman–Crippen LogP) is 2.38. The fraction of sp³-hybridized carbons (Fsp3) is 0.368. The number of fused-ring (bicyclic) bond motifs is 1. The Balaban J connectivity index is 1.68. The van der Waals surface area contributed by atoms with Gasteiger partial charge in [-0.3, -0.25) is 4.79 Å². The SMILES string of the molecule is CCN1CCN(C(=O)COc2ccc(C=N)c3ccccc23)CC1. The van der Waals surface area contributed by atoms with Gasteiger partial charge in [-0.2, -0.15) is 0 Å². The van der Waals surface area contributed by atoms with E-state index >= 15 is 0 Å². The molecule has 0 spiro atoms. The van der Waals surface area contributed by atoms with Gasteiger partial charge >= 0.3 is 0 Å². The molecule has 0 bridgehead atoms. The molecule has 126 valence electrons. The molecule has 1 fully saturated rings. The fourth-order valence-corrected chi connectivity index (χ4v) is 3.09. The average molecular weight is 325 g/mol. The molecule has 5 heteroatoms. The summed E-state index contributed by atoms with van der Waals surface area (Å²) in [5, 5.41) is 9.40. The van der Waals surface area contributed by atoms with Gasteiger partial charge in [0.05, 0.1) is 0 Å². The van der Waals surface area contributed by atoms with Crippen molar-refractivity contribution in [3.05, 3.63) is 42.0 Å². The number of carbonyl (C=O) groups is 1. The predicted molar refractivity (Wildman–Crippen MR) is 96.0 cm³/mol. The van der Waals surface area contributed by atoms with E-state index in [4.69, 9.17) is 10.1 Å². The second-order valence-electron chi connectivity index (χ2n) is 5.95. The first-order chi connectivity index (χ1) is 11.7. The van der Waals surface area contributed by atoms with E-state index in [1.165, 1.54) is 6.21 Å². The summed E-state index contributed by atoms with van der Waals surface area (Å²) in [5.74, 6) is 0.725. The Hall–Kier alpha value is -2.40. The number of carbonyl (C=O) groups excluding carboxylic acids is 1. The van der Waals surface area contributed by atoms with Crippen molar-refractivity contribution >= 4 is 22.9 Å². The highest BCUT2D eigenvalue weighted by Gasteiger charge is 2.20. The van der Waals surface area contributed by atoms with Crippen molar-refractivity contribution in [2.45, 2.75) is 6.92 Å². The lowest BCUT2D eigenvalue weighted by Crippen LogP contribution is -2.49. The molecule has 1 saturated heterocycles. The zero-order valence-corrected chi connectivity index (χ0v) is 14.0. The Morgan fingerprint density at radius 2 is 1.83 bits per heavy atom. The second-order valence-corrected chi connectivity index (χ2v) is 5.95. The molecule has 1 N–H and O–H groups in total. The maximum absolute atomic E-state index is 12.4. The Morgan fingerprint density at radius 3 is 2.50 bits per heavy atom. The Morgan fingerprint density at radius 1 is 1.12 bits per heavy atom. The molecule has 2 aromatic rings. The minimum Gasteiger partial charge on any atom is -0.483 e. The maximum atomic E-state index is 12.4. The number of amides is 1. The number of rotatable bonds is 5. The van der Waals surface area contributed by atoms with E-state index < -0.39 is 0 Å². The summed E-state index contributed by atoms with van der Waals surface area (Å²) in [6.45, 7) is 6.62. The second kappa shape index (κ2) is 7.45. The van der Waals surface area contributed by atoms with Crippen LogP contribution >= 0.6 is 0 Å². The van der Waals surface area contributed by atoms with Gasteiger partial charge < -0.3 is 19.9 Å². The van der Waals surface area contributed by atoms with Crippen molar-refractivity contribution in [3.63, 3.8) is 0 Å². The molecule has 1 heterocycles. The van der Waals surface area contributed by atoms with Gasteiger partial charge in [-0.05, 0) is 24.1 Å². The summed E-state index contributed by atoms with van der Waals surface area (Å²) in [5.41, 5.74) is 0.847. The van der Waals surface area contributed by atoms with Crippen LogP contribution in [-0.4, -0.2) is 61.3 Å². The largest absolute Gasteiger partial charge is 0.483 e. The number of nitrogens with zero attached hydrogens (tertiary/aromatic N) is 2. The lowest BCUT2D eigenvalue weighted by atomic mass is 10.0. The molecule has 3 rings (SSSR count). The molecule has 5 nitrogen and oxygen atoms in total. The van der Waals surface area contributed by atoms with Crippen molar-refractivity contribution in [1.29, 1.82) is 5.41 Å². The van der Waals surface area contributed by atoms with Crippen LogP contribution in [0.2, 0.25) is 0 Å². The van der Waals surface area contributed by atoms with E-state index in [0.29, 0.717) is 5.75 Å². The molecule has 0 radical (unpaired) electrons. The number of likely N-dealkylation sites (N-methyl/N-ethyl adjacent to an activating group) is 1. The molecule has 24 heavy (non-hydrogen) atoms. The molecule has 0 unspecified atom stereocenters. The molecule has 0 atom stereocenters. The number of hydrogen-bond donors (Lipinski definition) is 1. The quantitative estimate of drug-likeness (QED) is 0.859. The summed E-state index contributed by atoms with van der Waals surface area (Å²) in [6.07, 6.45) is 1.34. The lowest BCUT2D eigenvalue weighted by Gasteiger charge is -2.34. The third kappa shape index (κ3) is 3.41. The minimum atomic E-state index is 0.0333. The Kier molecular flexibility index (Phi) is 5.11. The number of hydrogen-bond acceptors (Lipinski definition) is 4. The first-order valence-electron chi connectivity index (χ1n) is 8.38. The Bertz CT molecular complexity index is 736. The number of piperazine rings is 1. The molecular formula is C19H23N3O2. The summed E-state index contributed by atoms with van der Waals surface area (Å²) >= 11 is 0. The normalized spacial score (nSPS) is 15.5. The number of nitrogens with one attached hydrogen (secondary N) is 1. The van der Waals surface area contributed by atoms with Crippen LogP contribution < -0.4 is 4.74 Å². The highest BCUT2D eigenvalue weighted by molar-refractivity contribution is 6.01. The summed E-state index contributed by atoms with van der Waals surface area (Å²) in [4.78, 5) is 16.6. The third-order valence-electron chi connectivity index (χ3n) is 4.60. The minimum absolute atomic E-state index is 0.0333. The molecule has 2 aromatic carbocycles. The van der Waals surface area contributed by atoms with Crippen LogP contribution in [0.5, 0.6) is 5.75 Å². The van der Waals surface area contributed by atoms with Crippen LogP contribution in [-0.2, 0) is 4.79 Å². The van der Waals surface area contributed by atoms with Gasteiger partial charge in [-0.25, -0.2) is 0 Å². The van der Waals surface area contributed by atoms with Gasteiger partial charge in [0, 0.05) is 43.3 Å². The summed E-state index contributed by atoms with van der Waals surface area (Å²) in [6, 6.07) is 11.5. The van der Waals surface area contributed by atoms with Gasteiger partial charge in [0.1, 0.15) is 5.75 Å². The van der Waals surface area contributed by atoms with Crippen LogP contribution in [0.3, 0.4) is 0 Å². The van der Waals surface area contributed by atoms with Gasteiger partial charge in [0.15, 0.2) is 6.61 Å². The zero-order chi connectivity index (χ0) is 16.9. The van der Waals surface area contributed by atoms with Gasteiger partial charge in [0.2, 0.25) is 0 Å². The molecule has 0 aromatic heterocycles. The van der Waals surface area contributed by atoms with E-state index in [9.17, 15) is 4.79 Å². The number of benzene rings is 2. The van der Waals surface area contributed by atoms with E-state index in [-0.39, 0.29) is 12.5 Å². The first kappa shape index (κ1) is 16.5. The molecular weight excluding hydrogens is 302 g/mol. The highest BCUT2D eigenvalue weighted by Crippen LogP contribution is 2.27. The van der Waals surface area contributed by atoms with Gasteiger partial charge in [0.25, 0.3) is 5.91 Å². The van der Waals surface area contributed by atoms with E-state index in [2.05, 4.69) is 11.8 Å². The monoisotopic (exact) mass is 325 g/mol. The fourth-order valence-electron chi connectivity index (χ4n) is 3.09. The van der Waals surface area contributed by atoms with Crippen LogP contribution in [0.1, 0.15) is 12.5 Å². The van der Waals surface area contributed by atoms with Crippen molar-refractivity contribution in [2.24, 2.45) is 0 Å². The van der Waals surface area contributed by atoms with Crippen LogP contribution in [0.15, 0.2) is 36.4 Å². The van der Waals surface area contributed by atoms with Crippen LogP contribution in [0.4, 0.5) is 0 Å². The van der Waals surface area contributed by atoms with Gasteiger partial charge in [-0.15, -0.1) is 0 Å². The lowest BCUT2D eigenvalue weighted by molar-refractivity contribution is -0.135. The maximum Gasteiger partial charge on any atom is 0.260 e. The molecule has 1 aliphatic rings.